The lowest BCUT2D eigenvalue weighted by Crippen LogP contribution is -2.35. The van der Waals surface area contributed by atoms with Crippen molar-refractivity contribution >= 4 is 17.8 Å². The van der Waals surface area contributed by atoms with Gasteiger partial charge in [-0.1, -0.05) is 19.3 Å². The molecule has 6 nitrogen and oxygen atoms in total. The Morgan fingerprint density at radius 2 is 1.58 bits per heavy atom. The van der Waals surface area contributed by atoms with Gasteiger partial charge in [0.25, 0.3) is 0 Å². The number of hydrogen-bond acceptors (Lipinski definition) is 3. The Hall–Kier alpha value is -1.59. The molecule has 1 aliphatic carbocycles. The zero-order valence-electron chi connectivity index (χ0n) is 11.0. The number of carboxylic acids is 2. The van der Waals surface area contributed by atoms with Crippen molar-refractivity contribution in [1.29, 1.82) is 0 Å². The minimum absolute atomic E-state index is 0.0132. The predicted molar refractivity (Wildman–Crippen MR) is 67.7 cm³/mol. The zero-order valence-corrected chi connectivity index (χ0v) is 11.0. The van der Waals surface area contributed by atoms with Gasteiger partial charge in [0.1, 0.15) is 0 Å². The Kier molecular flexibility index (Phi) is 5.79. The molecule has 1 aliphatic rings. The summed E-state index contributed by atoms with van der Waals surface area (Å²) in [7, 11) is 0. The van der Waals surface area contributed by atoms with Crippen molar-refractivity contribution in [2.24, 2.45) is 5.41 Å². The van der Waals surface area contributed by atoms with Gasteiger partial charge >= 0.3 is 11.9 Å². The molecule has 0 atom stereocenters. The summed E-state index contributed by atoms with van der Waals surface area (Å²) in [4.78, 5) is 33.1. The third kappa shape index (κ3) is 5.72. The van der Waals surface area contributed by atoms with Gasteiger partial charge in [-0.25, -0.2) is 0 Å². The van der Waals surface area contributed by atoms with Gasteiger partial charge in [-0.15, -0.1) is 0 Å². The summed E-state index contributed by atoms with van der Waals surface area (Å²) in [5.74, 6) is -2.08. The molecule has 1 rings (SSSR count). The second-order valence-electron chi connectivity index (χ2n) is 5.30. The molecule has 0 aliphatic heterocycles. The van der Waals surface area contributed by atoms with Crippen LogP contribution in [0, 0.1) is 5.41 Å². The number of carbonyl (C=O) groups is 3. The molecule has 1 saturated carbocycles. The first-order valence-electron chi connectivity index (χ1n) is 6.64. The van der Waals surface area contributed by atoms with Gasteiger partial charge in [-0.05, 0) is 18.3 Å². The van der Waals surface area contributed by atoms with Crippen LogP contribution in [-0.4, -0.2) is 34.6 Å². The number of aliphatic carboxylic acids is 2. The van der Waals surface area contributed by atoms with Crippen molar-refractivity contribution in [2.75, 3.05) is 6.54 Å². The molecule has 19 heavy (non-hydrogen) atoms. The van der Waals surface area contributed by atoms with E-state index in [1.165, 1.54) is 0 Å². The number of carboxylic acid groups (broad SMARTS) is 2. The van der Waals surface area contributed by atoms with Crippen LogP contribution in [0.5, 0.6) is 0 Å². The van der Waals surface area contributed by atoms with E-state index in [1.54, 1.807) is 0 Å². The molecule has 0 aromatic carbocycles. The van der Waals surface area contributed by atoms with E-state index < -0.39 is 17.4 Å². The van der Waals surface area contributed by atoms with Crippen LogP contribution in [0.4, 0.5) is 0 Å². The Morgan fingerprint density at radius 3 is 2.11 bits per heavy atom. The molecule has 3 N–H and O–H groups in total. The standard InChI is InChI=1S/C13H21NO5/c15-10(14-7-4-11(16)17)8-13(9-12(18)19)5-2-1-3-6-13/h1-9H2,(H,14,15)(H,16,17)(H,18,19). The van der Waals surface area contributed by atoms with Gasteiger partial charge in [0.2, 0.25) is 5.91 Å². The van der Waals surface area contributed by atoms with Crippen molar-refractivity contribution in [3.8, 4) is 0 Å². The summed E-state index contributed by atoms with van der Waals surface area (Å²) in [6, 6.07) is 0. The summed E-state index contributed by atoms with van der Waals surface area (Å²) < 4.78 is 0. The van der Waals surface area contributed by atoms with Gasteiger partial charge in [0.15, 0.2) is 0 Å². The van der Waals surface area contributed by atoms with Gasteiger partial charge in [-0.3, -0.25) is 14.4 Å². The lowest BCUT2D eigenvalue weighted by molar-refractivity contribution is -0.141. The molecular weight excluding hydrogens is 250 g/mol. The fourth-order valence-electron chi connectivity index (χ4n) is 2.75. The SMILES string of the molecule is O=C(O)CCNC(=O)CC1(CC(=O)O)CCCCC1. The van der Waals surface area contributed by atoms with Gasteiger partial charge in [0.05, 0.1) is 12.8 Å². The lowest BCUT2D eigenvalue weighted by Gasteiger charge is -2.35. The second-order valence-corrected chi connectivity index (χ2v) is 5.30. The maximum Gasteiger partial charge on any atom is 0.305 e. The average molecular weight is 271 g/mol. The van der Waals surface area contributed by atoms with E-state index in [4.69, 9.17) is 10.2 Å². The Balaban J connectivity index is 2.49. The highest BCUT2D eigenvalue weighted by atomic mass is 16.4. The molecule has 6 heteroatoms. The van der Waals surface area contributed by atoms with E-state index in [9.17, 15) is 14.4 Å². The van der Waals surface area contributed by atoms with Crippen LogP contribution in [0.1, 0.15) is 51.4 Å². The predicted octanol–water partition coefficient (Wildman–Crippen LogP) is 1.39. The van der Waals surface area contributed by atoms with Crippen LogP contribution >= 0.6 is 0 Å². The lowest BCUT2D eigenvalue weighted by atomic mass is 9.69. The van der Waals surface area contributed by atoms with E-state index in [2.05, 4.69) is 5.32 Å². The monoisotopic (exact) mass is 271 g/mol. The number of amides is 1. The van der Waals surface area contributed by atoms with Crippen LogP contribution in [0.3, 0.4) is 0 Å². The minimum atomic E-state index is -0.960. The molecule has 1 amide bonds. The van der Waals surface area contributed by atoms with E-state index in [-0.39, 0.29) is 31.7 Å². The van der Waals surface area contributed by atoms with E-state index in [0.717, 1.165) is 32.1 Å². The highest BCUT2D eigenvalue weighted by Crippen LogP contribution is 2.42. The summed E-state index contributed by atoms with van der Waals surface area (Å²) in [5.41, 5.74) is -0.447. The number of carbonyl (C=O) groups excluding carboxylic acids is 1. The molecule has 0 radical (unpaired) electrons. The minimum Gasteiger partial charge on any atom is -0.481 e. The van der Waals surface area contributed by atoms with Crippen LogP contribution in [0.2, 0.25) is 0 Å². The molecule has 0 bridgehead atoms. The molecule has 0 saturated heterocycles. The van der Waals surface area contributed by atoms with Crippen molar-refractivity contribution < 1.29 is 24.6 Å². The molecule has 0 aromatic rings. The number of nitrogens with one attached hydrogen (secondary N) is 1. The molecular formula is C13H21NO5. The summed E-state index contributed by atoms with van der Waals surface area (Å²) >= 11 is 0. The second kappa shape index (κ2) is 7.11. The summed E-state index contributed by atoms with van der Waals surface area (Å²) in [6.45, 7) is 0.0946. The third-order valence-corrected chi connectivity index (χ3v) is 3.64. The summed E-state index contributed by atoms with van der Waals surface area (Å²) in [6.07, 6.45) is 4.58. The molecule has 108 valence electrons. The molecule has 0 heterocycles. The van der Waals surface area contributed by atoms with Crippen molar-refractivity contribution in [2.45, 2.75) is 51.4 Å². The third-order valence-electron chi connectivity index (χ3n) is 3.64. The molecule has 1 fully saturated rings. The van der Waals surface area contributed by atoms with Crippen LogP contribution < -0.4 is 5.32 Å². The largest absolute Gasteiger partial charge is 0.481 e. The molecule has 0 spiro atoms. The van der Waals surface area contributed by atoms with Gasteiger partial charge in [-0.2, -0.15) is 0 Å². The van der Waals surface area contributed by atoms with E-state index in [1.807, 2.05) is 0 Å². The molecule has 0 aromatic heterocycles. The fraction of sp³-hybridized carbons (Fsp3) is 0.769. The quantitative estimate of drug-likeness (QED) is 0.649. The highest BCUT2D eigenvalue weighted by Gasteiger charge is 2.36. The smallest absolute Gasteiger partial charge is 0.305 e. The highest BCUT2D eigenvalue weighted by molar-refractivity contribution is 5.78. The first-order valence-corrected chi connectivity index (χ1v) is 6.64. The maximum atomic E-state index is 11.8. The fourth-order valence-corrected chi connectivity index (χ4v) is 2.75. The van der Waals surface area contributed by atoms with Crippen molar-refractivity contribution in [3.05, 3.63) is 0 Å². The average Bonchev–Trinajstić information content (AvgIpc) is 2.27. The Labute approximate surface area is 112 Å². The van der Waals surface area contributed by atoms with Crippen molar-refractivity contribution in [1.82, 2.24) is 5.32 Å². The maximum absolute atomic E-state index is 11.8. The van der Waals surface area contributed by atoms with E-state index >= 15 is 0 Å². The Morgan fingerprint density at radius 1 is 0.947 bits per heavy atom. The topological polar surface area (TPSA) is 104 Å². The zero-order chi connectivity index (χ0) is 14.3. The number of hydrogen-bond donors (Lipinski definition) is 3. The van der Waals surface area contributed by atoms with Crippen molar-refractivity contribution in [3.63, 3.8) is 0 Å². The van der Waals surface area contributed by atoms with E-state index in [0.29, 0.717) is 0 Å². The van der Waals surface area contributed by atoms with Crippen LogP contribution in [0.25, 0.3) is 0 Å². The summed E-state index contributed by atoms with van der Waals surface area (Å²) in [5, 5.41) is 20.0. The molecule has 0 unspecified atom stereocenters. The normalized spacial score (nSPS) is 17.7. The first kappa shape index (κ1) is 15.5. The number of rotatable bonds is 7. The van der Waals surface area contributed by atoms with Gasteiger partial charge in [0, 0.05) is 13.0 Å². The van der Waals surface area contributed by atoms with Gasteiger partial charge < -0.3 is 15.5 Å². The van der Waals surface area contributed by atoms with Crippen LogP contribution in [0.15, 0.2) is 0 Å². The Bertz CT molecular complexity index is 347. The van der Waals surface area contributed by atoms with Crippen LogP contribution in [-0.2, 0) is 14.4 Å². The first-order chi connectivity index (χ1) is 8.93.